The highest BCUT2D eigenvalue weighted by Crippen LogP contribution is 2.24. The van der Waals surface area contributed by atoms with Crippen LogP contribution in [0, 0.1) is 0 Å². The van der Waals surface area contributed by atoms with Gasteiger partial charge in [0.15, 0.2) is 0 Å². The van der Waals surface area contributed by atoms with E-state index in [9.17, 15) is 23.1 Å². The van der Waals surface area contributed by atoms with Crippen molar-refractivity contribution < 1.29 is 18.3 Å². The summed E-state index contributed by atoms with van der Waals surface area (Å²) in [6, 6.07) is 13.4. The van der Waals surface area contributed by atoms with Crippen molar-refractivity contribution in [1.29, 1.82) is 0 Å². The molecular formula is C21H21N3O5S2. The van der Waals surface area contributed by atoms with Crippen LogP contribution >= 0.6 is 11.3 Å². The molecule has 0 spiro atoms. The van der Waals surface area contributed by atoms with Crippen molar-refractivity contribution in [3.63, 3.8) is 0 Å². The first-order valence-electron chi connectivity index (χ1n) is 9.69. The second-order valence-electron chi connectivity index (χ2n) is 7.29. The van der Waals surface area contributed by atoms with Crippen molar-refractivity contribution >= 4 is 38.5 Å². The molecule has 8 nitrogen and oxygen atoms in total. The van der Waals surface area contributed by atoms with Crippen molar-refractivity contribution in [3.8, 4) is 5.88 Å². The van der Waals surface area contributed by atoms with Gasteiger partial charge in [0.05, 0.1) is 9.77 Å². The molecule has 0 amide bonds. The predicted molar refractivity (Wildman–Crippen MR) is 120 cm³/mol. The van der Waals surface area contributed by atoms with Gasteiger partial charge in [-0.3, -0.25) is 19.3 Å². The van der Waals surface area contributed by atoms with Crippen molar-refractivity contribution in [2.45, 2.75) is 24.2 Å². The predicted octanol–water partition coefficient (Wildman–Crippen LogP) is 2.70. The number of hydrogen-bond acceptors (Lipinski definition) is 7. The Morgan fingerprint density at radius 3 is 2.23 bits per heavy atom. The summed E-state index contributed by atoms with van der Waals surface area (Å²) in [5.74, 6) is 0.111. The van der Waals surface area contributed by atoms with Crippen LogP contribution in [0.3, 0.4) is 0 Å². The number of thiazole rings is 1. The Hall–Kier alpha value is -3.11. The van der Waals surface area contributed by atoms with E-state index in [0.29, 0.717) is 42.9 Å². The molecule has 0 atom stereocenters. The normalized spacial score (nSPS) is 14.6. The molecule has 1 aliphatic rings. The molecule has 0 radical (unpaired) electrons. The minimum absolute atomic E-state index is 0.112. The minimum Gasteiger partial charge on any atom is -0.494 e. The van der Waals surface area contributed by atoms with E-state index in [0.717, 1.165) is 22.6 Å². The molecule has 0 saturated carbocycles. The zero-order chi connectivity index (χ0) is 22.0. The Kier molecular flexibility index (Phi) is 5.84. The van der Waals surface area contributed by atoms with E-state index in [1.807, 2.05) is 12.1 Å². The van der Waals surface area contributed by atoms with Crippen LogP contribution in [0.5, 0.6) is 5.88 Å². The molecule has 1 saturated heterocycles. The Labute approximate surface area is 183 Å². The quantitative estimate of drug-likeness (QED) is 0.521. The number of anilines is 2. The number of nitrogens with zero attached hydrogens (tertiary/aromatic N) is 1. The number of ketones is 1. The Balaban J connectivity index is 1.43. The van der Waals surface area contributed by atoms with Gasteiger partial charge in [-0.2, -0.15) is 0 Å². The van der Waals surface area contributed by atoms with Gasteiger partial charge in [-0.25, -0.2) is 8.42 Å². The van der Waals surface area contributed by atoms with Crippen molar-refractivity contribution in [3.05, 3.63) is 68.6 Å². The lowest BCUT2D eigenvalue weighted by atomic mass is 10.1. The molecule has 31 heavy (non-hydrogen) atoms. The van der Waals surface area contributed by atoms with Crippen LogP contribution in [0.15, 0.2) is 58.2 Å². The van der Waals surface area contributed by atoms with Crippen LogP contribution in [0.1, 0.15) is 23.3 Å². The molecular weight excluding hydrogens is 438 g/mol. The standard InChI is InChI=1S/C21H21N3O5S2/c25-17-9-11-24(12-10-17)16-5-3-15(4-6-16)23-31(28,29)18-7-1-14(2-8-18)13-19-20(26)22-21(27)30-19/h1-8,23,26H,9-13H2,(H,22,27). The van der Waals surface area contributed by atoms with Crippen LogP contribution in [0.4, 0.5) is 11.4 Å². The molecule has 0 bridgehead atoms. The Bertz CT molecular complexity index is 1240. The molecule has 0 unspecified atom stereocenters. The van der Waals surface area contributed by atoms with Crippen molar-refractivity contribution in [2.24, 2.45) is 0 Å². The number of aromatic hydroxyl groups is 1. The summed E-state index contributed by atoms with van der Waals surface area (Å²) in [5.41, 5.74) is 2.17. The molecule has 3 N–H and O–H groups in total. The maximum Gasteiger partial charge on any atom is 0.307 e. The molecule has 4 rings (SSSR count). The number of sulfonamides is 1. The van der Waals surface area contributed by atoms with Crippen LogP contribution in [0.25, 0.3) is 0 Å². The maximum absolute atomic E-state index is 12.7. The fraction of sp³-hybridized carbons (Fsp3) is 0.238. The highest BCUT2D eigenvalue weighted by molar-refractivity contribution is 7.92. The topological polar surface area (TPSA) is 120 Å². The van der Waals surface area contributed by atoms with Crippen LogP contribution < -0.4 is 14.5 Å². The lowest BCUT2D eigenvalue weighted by Crippen LogP contribution is -2.33. The number of H-pyrrole nitrogens is 1. The average Bonchev–Trinajstić information content (AvgIpc) is 3.06. The molecule has 2 heterocycles. The summed E-state index contributed by atoms with van der Waals surface area (Å²) in [7, 11) is -3.76. The van der Waals surface area contributed by atoms with Gasteiger partial charge in [0, 0.05) is 43.7 Å². The number of carbonyl (C=O) groups excluding carboxylic acids is 1. The van der Waals surface area contributed by atoms with Gasteiger partial charge < -0.3 is 10.0 Å². The second kappa shape index (κ2) is 8.56. The molecule has 1 fully saturated rings. The fourth-order valence-electron chi connectivity index (χ4n) is 3.41. The third-order valence-electron chi connectivity index (χ3n) is 5.10. The number of Topliss-reactive ketones (excluding diaryl/α,β-unsaturated/α-hetero) is 1. The third-order valence-corrected chi connectivity index (χ3v) is 7.37. The number of carbonyl (C=O) groups is 1. The van der Waals surface area contributed by atoms with E-state index >= 15 is 0 Å². The van der Waals surface area contributed by atoms with Crippen LogP contribution in [-0.2, 0) is 21.2 Å². The first-order chi connectivity index (χ1) is 14.8. The maximum atomic E-state index is 12.7. The first kappa shape index (κ1) is 21.1. The monoisotopic (exact) mass is 459 g/mol. The van der Waals surface area contributed by atoms with E-state index < -0.39 is 10.0 Å². The molecule has 162 valence electrons. The number of benzene rings is 2. The average molecular weight is 460 g/mol. The van der Waals surface area contributed by atoms with Crippen molar-refractivity contribution in [2.75, 3.05) is 22.7 Å². The lowest BCUT2D eigenvalue weighted by molar-refractivity contribution is -0.119. The zero-order valence-corrected chi connectivity index (χ0v) is 18.1. The molecule has 10 heteroatoms. The van der Waals surface area contributed by atoms with Gasteiger partial charge >= 0.3 is 4.87 Å². The number of aromatic nitrogens is 1. The summed E-state index contributed by atoms with van der Waals surface area (Å²) < 4.78 is 28.0. The minimum atomic E-state index is -3.76. The number of nitrogens with one attached hydrogen (secondary N) is 2. The first-order valence-corrected chi connectivity index (χ1v) is 12.0. The van der Waals surface area contributed by atoms with Crippen LogP contribution in [-0.4, -0.2) is 37.4 Å². The number of rotatable bonds is 6. The number of piperidine rings is 1. The summed E-state index contributed by atoms with van der Waals surface area (Å²) in [4.78, 5) is 27.4. The molecule has 1 aromatic heterocycles. The van der Waals surface area contributed by atoms with E-state index in [1.54, 1.807) is 24.3 Å². The van der Waals surface area contributed by atoms with Crippen molar-refractivity contribution in [1.82, 2.24) is 4.98 Å². The van der Waals surface area contributed by atoms with Gasteiger partial charge in [0.25, 0.3) is 10.0 Å². The van der Waals surface area contributed by atoms with Gasteiger partial charge in [-0.1, -0.05) is 23.5 Å². The zero-order valence-electron chi connectivity index (χ0n) is 16.5. The van der Waals surface area contributed by atoms with E-state index in [-0.39, 0.29) is 21.4 Å². The van der Waals surface area contributed by atoms with Gasteiger partial charge in [0.1, 0.15) is 5.78 Å². The number of aromatic amines is 1. The van der Waals surface area contributed by atoms with Gasteiger partial charge in [-0.05, 0) is 42.0 Å². The van der Waals surface area contributed by atoms with Gasteiger partial charge in [0.2, 0.25) is 5.88 Å². The molecule has 1 aliphatic heterocycles. The van der Waals surface area contributed by atoms with Crippen LogP contribution in [0.2, 0.25) is 0 Å². The van der Waals surface area contributed by atoms with E-state index in [1.165, 1.54) is 12.1 Å². The summed E-state index contributed by atoms with van der Waals surface area (Å²) in [5, 5.41) is 9.69. The molecule has 0 aliphatic carbocycles. The highest BCUT2D eigenvalue weighted by Gasteiger charge is 2.18. The Morgan fingerprint density at radius 1 is 1.00 bits per heavy atom. The lowest BCUT2D eigenvalue weighted by Gasteiger charge is -2.28. The smallest absolute Gasteiger partial charge is 0.307 e. The highest BCUT2D eigenvalue weighted by atomic mass is 32.2. The van der Waals surface area contributed by atoms with Gasteiger partial charge in [-0.15, -0.1) is 0 Å². The summed E-state index contributed by atoms with van der Waals surface area (Å²) in [6.07, 6.45) is 1.39. The fourth-order valence-corrected chi connectivity index (χ4v) is 5.23. The largest absolute Gasteiger partial charge is 0.494 e. The molecule has 2 aromatic carbocycles. The van der Waals surface area contributed by atoms with E-state index in [2.05, 4.69) is 14.6 Å². The second-order valence-corrected chi connectivity index (χ2v) is 10.0. The third kappa shape index (κ3) is 4.97. The Morgan fingerprint density at radius 2 is 1.65 bits per heavy atom. The SMILES string of the molecule is O=C1CCN(c2ccc(NS(=O)(=O)c3ccc(Cc4sc(=O)[nH]c4O)cc3)cc2)CC1. The van der Waals surface area contributed by atoms with E-state index in [4.69, 9.17) is 0 Å². The summed E-state index contributed by atoms with van der Waals surface area (Å²) in [6.45, 7) is 1.35. The summed E-state index contributed by atoms with van der Waals surface area (Å²) >= 11 is 0.920. The number of hydrogen-bond donors (Lipinski definition) is 3. The molecule has 3 aromatic rings.